The minimum Gasteiger partial charge on any atom is -0.497 e. The summed E-state index contributed by atoms with van der Waals surface area (Å²) in [5, 5.41) is 3.87. The van der Waals surface area contributed by atoms with Crippen LogP contribution < -0.4 is 15.6 Å². The number of hydrogen-bond acceptors (Lipinski definition) is 5. The molecule has 2 aromatic carbocycles. The molecule has 3 rings (SSSR count). The number of nitrogens with two attached hydrogens (primary N) is 1. The lowest BCUT2D eigenvalue weighted by Crippen LogP contribution is -2.05. The number of methoxy groups -OCH3 is 1. The minimum absolute atomic E-state index is 0.291. The van der Waals surface area contributed by atoms with Crippen LogP contribution in [-0.2, 0) is 20.2 Å². The van der Waals surface area contributed by atoms with E-state index in [-0.39, 0.29) is 0 Å². The second-order valence-electron chi connectivity index (χ2n) is 6.41. The molecule has 0 saturated carbocycles. The van der Waals surface area contributed by atoms with Gasteiger partial charge < -0.3 is 15.0 Å². The Kier molecular flexibility index (Phi) is 6.52. The van der Waals surface area contributed by atoms with Gasteiger partial charge in [0.2, 0.25) is 0 Å². The molecule has 1 heterocycles. The number of aromatic nitrogens is 1. The highest BCUT2D eigenvalue weighted by molar-refractivity contribution is 7.55. The third-order valence-corrected chi connectivity index (χ3v) is 6.38. The van der Waals surface area contributed by atoms with E-state index in [2.05, 4.69) is 16.6 Å². The van der Waals surface area contributed by atoms with Gasteiger partial charge in [0.1, 0.15) is 5.75 Å². The second kappa shape index (κ2) is 8.91. The summed E-state index contributed by atoms with van der Waals surface area (Å²) in [6.45, 7) is 6.98. The largest absolute Gasteiger partial charge is 0.497 e. The number of ether oxygens (including phenoxy) is 1. The molecular formula is C21H28N3O4P. The summed E-state index contributed by atoms with van der Waals surface area (Å²) in [6.07, 6.45) is 0. The number of aryl methyl sites for hydroxylation is 1. The van der Waals surface area contributed by atoms with Gasteiger partial charge in [-0.05, 0) is 45.0 Å². The molecule has 0 aliphatic rings. The predicted molar refractivity (Wildman–Crippen MR) is 118 cm³/mol. The van der Waals surface area contributed by atoms with Crippen LogP contribution >= 0.6 is 7.75 Å². The Bertz CT molecular complexity index is 1020. The molecule has 8 heteroatoms. The molecule has 1 aromatic heterocycles. The van der Waals surface area contributed by atoms with Gasteiger partial charge in [0.15, 0.2) is 0 Å². The summed E-state index contributed by atoms with van der Waals surface area (Å²) >= 11 is 0. The highest BCUT2D eigenvalue weighted by Gasteiger charge is 2.24. The van der Waals surface area contributed by atoms with E-state index >= 15 is 0 Å². The molecule has 0 saturated heterocycles. The molecule has 0 aliphatic heterocycles. The quantitative estimate of drug-likeness (QED) is 0.446. The zero-order chi connectivity index (χ0) is 21.0. The van der Waals surface area contributed by atoms with E-state index in [1.165, 1.54) is 0 Å². The molecule has 0 fully saturated rings. The summed E-state index contributed by atoms with van der Waals surface area (Å²) in [6, 6.07) is 13.5. The minimum atomic E-state index is -3.38. The van der Waals surface area contributed by atoms with E-state index in [1.807, 2.05) is 42.5 Å². The van der Waals surface area contributed by atoms with Gasteiger partial charge in [-0.15, -0.1) is 0 Å². The van der Waals surface area contributed by atoms with E-state index in [0.717, 1.165) is 40.1 Å². The first-order valence-electron chi connectivity index (χ1n) is 9.69. The van der Waals surface area contributed by atoms with Crippen LogP contribution in [0.25, 0.3) is 22.2 Å². The van der Waals surface area contributed by atoms with Gasteiger partial charge in [-0.2, -0.15) is 0 Å². The number of hydrogen-bond donors (Lipinski definition) is 2. The zero-order valence-corrected chi connectivity index (χ0v) is 18.2. The van der Waals surface area contributed by atoms with Gasteiger partial charge in [0.05, 0.1) is 37.2 Å². The fraction of sp³-hybridized carbons (Fsp3) is 0.333. The van der Waals surface area contributed by atoms with Crippen molar-refractivity contribution in [2.75, 3.05) is 31.1 Å². The van der Waals surface area contributed by atoms with Crippen LogP contribution in [0, 0.1) is 0 Å². The molecule has 0 unspecified atom stereocenters. The summed E-state index contributed by atoms with van der Waals surface area (Å²) in [7, 11) is -1.73. The standard InChI is InChI=1S/C21H28N3O4P/c1-5-24-19-14-17(26-4)12-13-18(19)20(22)21(24)15-8-10-16(11-9-15)23-29(25,27-6-2)28-7-3/h8-14H,5-7,22H2,1-4H3,(H,23,25). The molecule has 7 nitrogen and oxygen atoms in total. The highest BCUT2D eigenvalue weighted by atomic mass is 31.2. The van der Waals surface area contributed by atoms with Crippen LogP contribution in [0.2, 0.25) is 0 Å². The lowest BCUT2D eigenvalue weighted by Gasteiger charge is -2.19. The van der Waals surface area contributed by atoms with Crippen LogP contribution in [-0.4, -0.2) is 24.9 Å². The van der Waals surface area contributed by atoms with Crippen LogP contribution in [0.1, 0.15) is 20.8 Å². The van der Waals surface area contributed by atoms with E-state index < -0.39 is 7.75 Å². The molecule has 0 radical (unpaired) electrons. The highest BCUT2D eigenvalue weighted by Crippen LogP contribution is 2.48. The Hall–Kier alpha value is -2.47. The van der Waals surface area contributed by atoms with Crippen molar-refractivity contribution in [1.29, 1.82) is 0 Å². The molecular weight excluding hydrogens is 389 g/mol. The molecule has 0 aliphatic carbocycles. The van der Waals surface area contributed by atoms with Gasteiger partial charge in [-0.3, -0.25) is 14.1 Å². The number of rotatable bonds is 9. The number of nitrogens with one attached hydrogen (secondary N) is 1. The van der Waals surface area contributed by atoms with Crippen LogP contribution in [0.5, 0.6) is 5.75 Å². The first kappa shape index (κ1) is 21.2. The lowest BCUT2D eigenvalue weighted by atomic mass is 10.1. The Morgan fingerprint density at radius 1 is 1.03 bits per heavy atom. The monoisotopic (exact) mass is 417 g/mol. The first-order valence-corrected chi connectivity index (χ1v) is 11.2. The van der Waals surface area contributed by atoms with E-state index in [4.69, 9.17) is 19.5 Å². The van der Waals surface area contributed by atoms with Crippen molar-refractivity contribution in [3.05, 3.63) is 42.5 Å². The van der Waals surface area contributed by atoms with Crippen molar-refractivity contribution >= 4 is 30.0 Å². The smallest absolute Gasteiger partial charge is 0.432 e. The van der Waals surface area contributed by atoms with Crippen LogP contribution in [0.3, 0.4) is 0 Å². The van der Waals surface area contributed by atoms with E-state index in [9.17, 15) is 4.57 Å². The average molecular weight is 417 g/mol. The van der Waals surface area contributed by atoms with Crippen molar-refractivity contribution in [2.45, 2.75) is 27.3 Å². The number of benzene rings is 2. The Balaban J connectivity index is 1.98. The van der Waals surface area contributed by atoms with Gasteiger partial charge in [-0.25, -0.2) is 4.57 Å². The number of anilines is 2. The Labute approximate surface area is 171 Å². The first-order chi connectivity index (χ1) is 14.0. The fourth-order valence-corrected chi connectivity index (χ4v) is 4.77. The van der Waals surface area contributed by atoms with E-state index in [1.54, 1.807) is 21.0 Å². The Morgan fingerprint density at radius 3 is 2.24 bits per heavy atom. The molecule has 0 bridgehead atoms. The van der Waals surface area contributed by atoms with Crippen molar-refractivity contribution in [2.24, 2.45) is 0 Å². The average Bonchev–Trinajstić information content (AvgIpc) is 3.00. The Morgan fingerprint density at radius 2 is 1.69 bits per heavy atom. The second-order valence-corrected chi connectivity index (χ2v) is 8.15. The van der Waals surface area contributed by atoms with Gasteiger partial charge in [0, 0.05) is 29.2 Å². The lowest BCUT2D eigenvalue weighted by molar-refractivity contribution is 0.225. The third kappa shape index (κ3) is 4.27. The van der Waals surface area contributed by atoms with Gasteiger partial charge in [-0.1, -0.05) is 12.1 Å². The molecule has 29 heavy (non-hydrogen) atoms. The van der Waals surface area contributed by atoms with Crippen molar-refractivity contribution < 1.29 is 18.3 Å². The summed E-state index contributed by atoms with van der Waals surface area (Å²) < 4.78 is 30.8. The van der Waals surface area contributed by atoms with Crippen molar-refractivity contribution in [1.82, 2.24) is 4.57 Å². The van der Waals surface area contributed by atoms with Gasteiger partial charge in [0.25, 0.3) is 0 Å². The predicted octanol–water partition coefficient (Wildman–Crippen LogP) is 5.51. The maximum atomic E-state index is 12.7. The summed E-state index contributed by atoms with van der Waals surface area (Å²) in [4.78, 5) is 0. The molecule has 0 amide bonds. The number of nitrogens with zero attached hydrogens (tertiary/aromatic N) is 1. The maximum Gasteiger partial charge on any atom is 0.432 e. The number of fused-ring (bicyclic) bond motifs is 1. The molecule has 156 valence electrons. The van der Waals surface area contributed by atoms with Crippen molar-refractivity contribution in [3.8, 4) is 17.0 Å². The van der Waals surface area contributed by atoms with Crippen LogP contribution in [0.4, 0.5) is 11.4 Å². The van der Waals surface area contributed by atoms with Crippen molar-refractivity contribution in [3.63, 3.8) is 0 Å². The normalized spacial score (nSPS) is 11.7. The molecule has 0 atom stereocenters. The maximum absolute atomic E-state index is 12.7. The molecule has 3 aromatic rings. The van der Waals surface area contributed by atoms with Gasteiger partial charge >= 0.3 is 7.75 Å². The third-order valence-electron chi connectivity index (χ3n) is 4.65. The molecule has 3 N–H and O–H groups in total. The topological polar surface area (TPSA) is 87.7 Å². The number of nitrogen functional groups attached to an aromatic ring is 1. The van der Waals surface area contributed by atoms with Crippen LogP contribution in [0.15, 0.2) is 42.5 Å². The summed E-state index contributed by atoms with van der Waals surface area (Å²) in [5.74, 6) is 0.790. The SMILES string of the molecule is CCOP(=O)(Nc1ccc(-c2c(N)c3ccc(OC)cc3n2CC)cc1)OCC. The zero-order valence-electron chi connectivity index (χ0n) is 17.3. The van der Waals surface area contributed by atoms with E-state index in [0.29, 0.717) is 18.9 Å². The molecule has 0 spiro atoms. The summed E-state index contributed by atoms with van der Waals surface area (Å²) in [5.41, 5.74) is 10.8. The fourth-order valence-electron chi connectivity index (χ4n) is 3.43.